The molecule has 5 nitrogen and oxygen atoms in total. The summed E-state index contributed by atoms with van der Waals surface area (Å²) in [6, 6.07) is 3.86. The second-order valence-corrected chi connectivity index (χ2v) is 6.64. The van der Waals surface area contributed by atoms with Crippen LogP contribution in [0.15, 0.2) is 23.2 Å². The third-order valence-corrected chi connectivity index (χ3v) is 3.99. The zero-order chi connectivity index (χ0) is 18.2. The van der Waals surface area contributed by atoms with Crippen molar-refractivity contribution in [1.29, 1.82) is 0 Å². The van der Waals surface area contributed by atoms with Crippen LogP contribution in [0.5, 0.6) is 0 Å². The molecule has 0 amide bonds. The monoisotopic (exact) mass is 482 g/mol. The highest BCUT2D eigenvalue weighted by atomic mass is 127. The van der Waals surface area contributed by atoms with Gasteiger partial charge in [-0.3, -0.25) is 4.99 Å². The average molecular weight is 482 g/mol. The first-order valence-electron chi connectivity index (χ1n) is 8.74. The van der Waals surface area contributed by atoms with E-state index in [4.69, 9.17) is 4.74 Å². The molecule has 1 aliphatic heterocycles. The van der Waals surface area contributed by atoms with Crippen molar-refractivity contribution >= 4 is 35.6 Å². The fourth-order valence-electron chi connectivity index (χ4n) is 2.78. The van der Waals surface area contributed by atoms with Crippen LogP contribution in [0.2, 0.25) is 0 Å². The van der Waals surface area contributed by atoms with E-state index in [1.54, 1.807) is 7.05 Å². The van der Waals surface area contributed by atoms with Gasteiger partial charge in [0.2, 0.25) is 0 Å². The van der Waals surface area contributed by atoms with Gasteiger partial charge in [0.05, 0.1) is 12.3 Å². The number of rotatable bonds is 7. The van der Waals surface area contributed by atoms with Gasteiger partial charge in [-0.2, -0.15) is 0 Å². The summed E-state index contributed by atoms with van der Waals surface area (Å²) in [5.74, 6) is 0.151. The fourth-order valence-corrected chi connectivity index (χ4v) is 2.78. The first-order valence-corrected chi connectivity index (χ1v) is 8.74. The molecule has 0 bridgehead atoms. The quantitative estimate of drug-likeness (QED) is 0.272. The second-order valence-electron chi connectivity index (χ2n) is 6.64. The van der Waals surface area contributed by atoms with Crippen molar-refractivity contribution in [2.45, 2.75) is 26.3 Å². The van der Waals surface area contributed by atoms with Crippen LogP contribution in [-0.4, -0.2) is 51.9 Å². The molecule has 0 spiro atoms. The number of benzene rings is 1. The van der Waals surface area contributed by atoms with Gasteiger partial charge in [-0.05, 0) is 24.5 Å². The minimum Gasteiger partial charge on any atom is -0.379 e. The van der Waals surface area contributed by atoms with Gasteiger partial charge in [-0.15, -0.1) is 24.0 Å². The summed E-state index contributed by atoms with van der Waals surface area (Å²) in [4.78, 5) is 6.13. The number of nitrogens with zero attached hydrogens (tertiary/aromatic N) is 2. The lowest BCUT2D eigenvalue weighted by Gasteiger charge is -2.21. The molecule has 26 heavy (non-hydrogen) atoms. The number of hydrogen-bond acceptors (Lipinski definition) is 3. The zero-order valence-electron chi connectivity index (χ0n) is 15.6. The Morgan fingerprint density at radius 2 is 2.15 bits per heavy atom. The van der Waals surface area contributed by atoms with Gasteiger partial charge in [-0.1, -0.05) is 13.8 Å². The minimum absolute atomic E-state index is 0. The van der Waals surface area contributed by atoms with Crippen LogP contribution in [0.4, 0.5) is 14.5 Å². The Kier molecular flexibility index (Phi) is 10.1. The molecule has 1 fully saturated rings. The van der Waals surface area contributed by atoms with Gasteiger partial charge in [-0.25, -0.2) is 8.78 Å². The van der Waals surface area contributed by atoms with E-state index in [1.807, 2.05) is 4.90 Å². The van der Waals surface area contributed by atoms with E-state index in [9.17, 15) is 8.78 Å². The molecule has 0 saturated carbocycles. The lowest BCUT2D eigenvalue weighted by molar-refractivity contribution is 0.114. The Morgan fingerprint density at radius 3 is 2.81 bits per heavy atom. The Hall–Kier alpha value is -1.16. The maximum absolute atomic E-state index is 13.9. The SMILES string of the molecule is CN=C(NCCOCC(C)C)NC1CCN(c2ccc(F)cc2F)C1.I. The summed E-state index contributed by atoms with van der Waals surface area (Å²) in [6.45, 7) is 7.63. The lowest BCUT2D eigenvalue weighted by Crippen LogP contribution is -2.45. The molecule has 148 valence electrons. The number of halogens is 3. The van der Waals surface area contributed by atoms with Crippen LogP contribution >= 0.6 is 24.0 Å². The summed E-state index contributed by atoms with van der Waals surface area (Å²) in [6.07, 6.45) is 0.862. The highest BCUT2D eigenvalue weighted by molar-refractivity contribution is 14.0. The van der Waals surface area contributed by atoms with Gasteiger partial charge in [0.15, 0.2) is 5.96 Å². The fraction of sp³-hybridized carbons (Fsp3) is 0.611. The smallest absolute Gasteiger partial charge is 0.191 e. The molecule has 1 aromatic rings. The van der Waals surface area contributed by atoms with Crippen molar-refractivity contribution in [1.82, 2.24) is 10.6 Å². The summed E-state index contributed by atoms with van der Waals surface area (Å²) >= 11 is 0. The molecule has 0 radical (unpaired) electrons. The molecule has 1 heterocycles. The molecule has 1 atom stereocenters. The number of nitrogens with one attached hydrogen (secondary N) is 2. The highest BCUT2D eigenvalue weighted by Crippen LogP contribution is 2.24. The lowest BCUT2D eigenvalue weighted by atomic mass is 10.2. The van der Waals surface area contributed by atoms with Crippen LogP contribution < -0.4 is 15.5 Å². The largest absolute Gasteiger partial charge is 0.379 e. The molecule has 2 N–H and O–H groups in total. The highest BCUT2D eigenvalue weighted by Gasteiger charge is 2.25. The molecule has 8 heteroatoms. The van der Waals surface area contributed by atoms with Gasteiger partial charge in [0, 0.05) is 45.4 Å². The maximum atomic E-state index is 13.9. The van der Waals surface area contributed by atoms with E-state index in [1.165, 1.54) is 12.1 Å². The third-order valence-electron chi connectivity index (χ3n) is 3.99. The van der Waals surface area contributed by atoms with Gasteiger partial charge < -0.3 is 20.3 Å². The molecule has 1 unspecified atom stereocenters. The van der Waals surface area contributed by atoms with Crippen LogP contribution in [0.3, 0.4) is 0 Å². The van der Waals surface area contributed by atoms with Crippen molar-refractivity contribution in [2.75, 3.05) is 44.8 Å². The third kappa shape index (κ3) is 7.22. The molecular formula is C18H29F2IN4O. The number of aliphatic imine (C=N–C) groups is 1. The topological polar surface area (TPSA) is 48.9 Å². The van der Waals surface area contributed by atoms with Gasteiger partial charge in [0.1, 0.15) is 11.6 Å². The molecule has 2 rings (SSSR count). The van der Waals surface area contributed by atoms with E-state index in [0.29, 0.717) is 43.8 Å². The molecule has 0 aliphatic carbocycles. The summed E-state index contributed by atoms with van der Waals surface area (Å²) in [5.41, 5.74) is 0.440. The second kappa shape index (κ2) is 11.5. The first-order chi connectivity index (χ1) is 12.0. The van der Waals surface area contributed by atoms with Crippen LogP contribution in [0.25, 0.3) is 0 Å². The minimum atomic E-state index is -0.556. The maximum Gasteiger partial charge on any atom is 0.191 e. The molecule has 0 aromatic heterocycles. The van der Waals surface area contributed by atoms with Crippen molar-refractivity contribution in [3.05, 3.63) is 29.8 Å². The molecule has 1 aliphatic rings. The van der Waals surface area contributed by atoms with E-state index in [-0.39, 0.29) is 30.0 Å². The van der Waals surface area contributed by atoms with E-state index in [0.717, 1.165) is 19.1 Å². The van der Waals surface area contributed by atoms with Crippen molar-refractivity contribution in [3.8, 4) is 0 Å². The Labute approximate surface area is 171 Å². The average Bonchev–Trinajstić information content (AvgIpc) is 3.01. The molecular weight excluding hydrogens is 453 g/mol. The summed E-state index contributed by atoms with van der Waals surface area (Å²) in [5, 5.41) is 6.56. The predicted molar refractivity (Wildman–Crippen MR) is 113 cm³/mol. The number of anilines is 1. The summed E-state index contributed by atoms with van der Waals surface area (Å²) < 4.78 is 32.5. The van der Waals surface area contributed by atoms with Crippen LogP contribution in [0.1, 0.15) is 20.3 Å². The first kappa shape index (κ1) is 22.9. The summed E-state index contributed by atoms with van der Waals surface area (Å²) in [7, 11) is 1.72. The van der Waals surface area contributed by atoms with Crippen molar-refractivity contribution < 1.29 is 13.5 Å². The standard InChI is InChI=1S/C18H28F2N4O.HI/c1-13(2)12-25-9-7-22-18(21-3)23-15-6-8-24(11-15)17-5-4-14(19)10-16(17)20;/h4-5,10,13,15H,6-9,11-12H2,1-3H3,(H2,21,22,23);1H. The van der Waals surface area contributed by atoms with E-state index >= 15 is 0 Å². The Balaban J connectivity index is 0.00000338. The van der Waals surface area contributed by atoms with E-state index < -0.39 is 11.6 Å². The molecule has 1 saturated heterocycles. The van der Waals surface area contributed by atoms with Gasteiger partial charge in [0.25, 0.3) is 0 Å². The van der Waals surface area contributed by atoms with E-state index in [2.05, 4.69) is 29.5 Å². The number of ether oxygens (including phenoxy) is 1. The zero-order valence-corrected chi connectivity index (χ0v) is 17.9. The Bertz CT molecular complexity index is 586. The number of hydrogen-bond donors (Lipinski definition) is 2. The Morgan fingerprint density at radius 1 is 1.38 bits per heavy atom. The van der Waals surface area contributed by atoms with Crippen LogP contribution in [-0.2, 0) is 4.74 Å². The molecule has 1 aromatic carbocycles. The predicted octanol–water partition coefficient (Wildman–Crippen LogP) is 3.00. The van der Waals surface area contributed by atoms with Crippen molar-refractivity contribution in [3.63, 3.8) is 0 Å². The van der Waals surface area contributed by atoms with Crippen molar-refractivity contribution in [2.24, 2.45) is 10.9 Å². The van der Waals surface area contributed by atoms with Crippen LogP contribution in [0, 0.1) is 17.6 Å². The number of guanidine groups is 1. The van der Waals surface area contributed by atoms with Gasteiger partial charge >= 0.3 is 0 Å². The normalized spacial score (nSPS) is 17.4.